The zero-order valence-electron chi connectivity index (χ0n) is 21.2. The monoisotopic (exact) mass is 436 g/mol. The summed E-state index contributed by atoms with van der Waals surface area (Å²) in [7, 11) is 3.44. The van der Waals surface area contributed by atoms with E-state index < -0.39 is 0 Å². The van der Waals surface area contributed by atoms with Crippen molar-refractivity contribution >= 4 is 12.4 Å². The molecule has 0 spiro atoms. The van der Waals surface area contributed by atoms with Crippen molar-refractivity contribution in [3.05, 3.63) is 58.7 Å². The van der Waals surface area contributed by atoms with Gasteiger partial charge in [0.05, 0.1) is 26.6 Å². The molecule has 0 saturated heterocycles. The summed E-state index contributed by atoms with van der Waals surface area (Å²) in [5.41, 5.74) is 4.95. The maximum Gasteiger partial charge on any atom is 0.122 e. The third kappa shape index (κ3) is 8.14. The largest absolute Gasteiger partial charge is 0.496 e. The number of hydrogen-bond donors (Lipinski definition) is 0. The van der Waals surface area contributed by atoms with E-state index in [2.05, 4.69) is 63.9 Å². The highest BCUT2D eigenvalue weighted by Gasteiger charge is 2.15. The van der Waals surface area contributed by atoms with E-state index in [0.29, 0.717) is 0 Å². The molecule has 0 unspecified atom stereocenters. The predicted octanol–water partition coefficient (Wildman–Crippen LogP) is 7.11. The minimum Gasteiger partial charge on any atom is -0.496 e. The molecule has 0 aliphatic rings. The van der Waals surface area contributed by atoms with E-state index in [-0.39, 0.29) is 10.8 Å². The fourth-order valence-electron chi connectivity index (χ4n) is 3.52. The highest BCUT2D eigenvalue weighted by molar-refractivity contribution is 5.86. The normalized spacial score (nSPS) is 12.6. The molecule has 4 nitrogen and oxygen atoms in total. The quantitative estimate of drug-likeness (QED) is 0.310. The minimum atomic E-state index is 0.253. The maximum absolute atomic E-state index is 5.61. The molecular formula is C28H40N2O2. The van der Waals surface area contributed by atoms with Gasteiger partial charge in [0, 0.05) is 22.3 Å². The van der Waals surface area contributed by atoms with Crippen LogP contribution in [0, 0.1) is 10.8 Å². The number of benzene rings is 2. The molecule has 4 heteroatoms. The van der Waals surface area contributed by atoms with E-state index in [1.807, 2.05) is 36.7 Å². The first-order valence-electron chi connectivity index (χ1n) is 11.4. The Morgan fingerprint density at radius 2 is 1.03 bits per heavy atom. The maximum atomic E-state index is 5.61. The van der Waals surface area contributed by atoms with E-state index in [4.69, 9.17) is 9.47 Å². The molecule has 0 atom stereocenters. The Morgan fingerprint density at radius 3 is 1.34 bits per heavy atom. The molecule has 2 rings (SSSR count). The first kappa shape index (κ1) is 25.6. The van der Waals surface area contributed by atoms with Gasteiger partial charge < -0.3 is 9.47 Å². The number of nitrogens with zero attached hydrogens (tertiary/aromatic N) is 2. The molecule has 0 aromatic heterocycles. The van der Waals surface area contributed by atoms with Gasteiger partial charge in [-0.1, -0.05) is 65.8 Å². The first-order valence-corrected chi connectivity index (χ1v) is 11.4. The van der Waals surface area contributed by atoms with Crippen LogP contribution in [0.4, 0.5) is 0 Å². The SMILES string of the molecule is COc1cccc(/C=N/N=C/c2cccc(OC)c2CCC(C)(C)C)c1CCC(C)(C)C. The Hall–Kier alpha value is -2.62. The second-order valence-corrected chi connectivity index (χ2v) is 10.7. The lowest BCUT2D eigenvalue weighted by Gasteiger charge is -2.20. The van der Waals surface area contributed by atoms with Gasteiger partial charge in [0.25, 0.3) is 0 Å². The molecule has 0 saturated carbocycles. The molecule has 0 heterocycles. The van der Waals surface area contributed by atoms with Crippen molar-refractivity contribution in [1.82, 2.24) is 0 Å². The van der Waals surface area contributed by atoms with Gasteiger partial charge in [-0.15, -0.1) is 0 Å². The number of ether oxygens (including phenoxy) is 2. The summed E-state index contributed by atoms with van der Waals surface area (Å²) in [5, 5.41) is 8.74. The zero-order chi connectivity index (χ0) is 23.8. The molecule has 0 bridgehead atoms. The van der Waals surface area contributed by atoms with Gasteiger partial charge in [0.2, 0.25) is 0 Å². The second kappa shape index (κ2) is 11.3. The van der Waals surface area contributed by atoms with Crippen LogP contribution in [0.2, 0.25) is 0 Å². The van der Waals surface area contributed by atoms with Crippen LogP contribution in [-0.4, -0.2) is 26.6 Å². The van der Waals surface area contributed by atoms with Crippen molar-refractivity contribution in [3.8, 4) is 11.5 Å². The highest BCUT2D eigenvalue weighted by Crippen LogP contribution is 2.29. The summed E-state index contributed by atoms with van der Waals surface area (Å²) < 4.78 is 11.2. The van der Waals surface area contributed by atoms with Crippen molar-refractivity contribution in [3.63, 3.8) is 0 Å². The number of methoxy groups -OCH3 is 2. The van der Waals surface area contributed by atoms with E-state index >= 15 is 0 Å². The lowest BCUT2D eigenvalue weighted by molar-refractivity contribution is 0.368. The Bertz CT molecular complexity index is 854. The van der Waals surface area contributed by atoms with E-state index in [0.717, 1.165) is 48.3 Å². The average Bonchev–Trinajstić information content (AvgIpc) is 2.72. The van der Waals surface area contributed by atoms with Crippen LogP contribution in [0.3, 0.4) is 0 Å². The van der Waals surface area contributed by atoms with Crippen LogP contribution in [0.5, 0.6) is 11.5 Å². The molecule has 0 aliphatic carbocycles. The number of rotatable bonds is 9. The van der Waals surface area contributed by atoms with Crippen LogP contribution in [0.25, 0.3) is 0 Å². The van der Waals surface area contributed by atoms with Gasteiger partial charge in [0.15, 0.2) is 0 Å². The fraction of sp³-hybridized carbons (Fsp3) is 0.500. The third-order valence-electron chi connectivity index (χ3n) is 5.49. The second-order valence-electron chi connectivity index (χ2n) is 10.7. The van der Waals surface area contributed by atoms with Crippen molar-refractivity contribution in [2.45, 2.75) is 67.2 Å². The van der Waals surface area contributed by atoms with Gasteiger partial charge in [-0.25, -0.2) is 0 Å². The number of hydrogen-bond acceptors (Lipinski definition) is 4. The molecule has 0 amide bonds. The highest BCUT2D eigenvalue weighted by atomic mass is 16.5. The third-order valence-corrected chi connectivity index (χ3v) is 5.49. The zero-order valence-corrected chi connectivity index (χ0v) is 21.2. The standard InChI is InChI=1S/C28H40N2O2/c1-27(2,3)17-15-23-21(11-9-13-25(23)31-7)19-29-30-20-22-12-10-14-26(32-8)24(22)16-18-28(4,5)6/h9-14,19-20H,15-18H2,1-8H3/b29-19+,30-20+. The van der Waals surface area contributed by atoms with Crippen LogP contribution in [0.1, 0.15) is 76.6 Å². The van der Waals surface area contributed by atoms with Crippen molar-refractivity contribution in [1.29, 1.82) is 0 Å². The predicted molar refractivity (Wildman–Crippen MR) is 137 cm³/mol. The molecular weight excluding hydrogens is 396 g/mol. The molecule has 2 aromatic carbocycles. The summed E-state index contributed by atoms with van der Waals surface area (Å²) in [4.78, 5) is 0. The molecule has 0 fully saturated rings. The summed E-state index contributed by atoms with van der Waals surface area (Å²) in [6.45, 7) is 13.5. The molecule has 174 valence electrons. The van der Waals surface area contributed by atoms with Gasteiger partial charge in [-0.05, 0) is 48.6 Å². The van der Waals surface area contributed by atoms with Crippen molar-refractivity contribution in [2.75, 3.05) is 14.2 Å². The van der Waals surface area contributed by atoms with E-state index in [1.165, 1.54) is 11.1 Å². The van der Waals surface area contributed by atoms with Crippen LogP contribution >= 0.6 is 0 Å². The van der Waals surface area contributed by atoms with Crippen molar-refractivity contribution < 1.29 is 9.47 Å². The Kier molecular flexibility index (Phi) is 9.06. The Labute approximate surface area is 194 Å². The van der Waals surface area contributed by atoms with Gasteiger partial charge in [-0.3, -0.25) is 0 Å². The van der Waals surface area contributed by atoms with Crippen LogP contribution in [0.15, 0.2) is 46.6 Å². The molecule has 0 aliphatic heterocycles. The molecule has 0 N–H and O–H groups in total. The van der Waals surface area contributed by atoms with Gasteiger partial charge >= 0.3 is 0 Å². The van der Waals surface area contributed by atoms with E-state index in [9.17, 15) is 0 Å². The summed E-state index contributed by atoms with van der Waals surface area (Å²) in [6, 6.07) is 12.2. The Morgan fingerprint density at radius 1 is 0.656 bits per heavy atom. The first-order chi connectivity index (χ1) is 15.0. The topological polar surface area (TPSA) is 43.2 Å². The summed E-state index contributed by atoms with van der Waals surface area (Å²) in [5.74, 6) is 1.80. The lowest BCUT2D eigenvalue weighted by atomic mass is 9.87. The van der Waals surface area contributed by atoms with E-state index in [1.54, 1.807) is 14.2 Å². The van der Waals surface area contributed by atoms with Crippen molar-refractivity contribution in [2.24, 2.45) is 21.0 Å². The molecule has 0 radical (unpaired) electrons. The smallest absolute Gasteiger partial charge is 0.122 e. The summed E-state index contributed by atoms with van der Waals surface area (Å²) >= 11 is 0. The Balaban J connectivity index is 2.25. The van der Waals surface area contributed by atoms with Gasteiger partial charge in [0.1, 0.15) is 11.5 Å². The molecule has 2 aromatic rings. The fourth-order valence-corrected chi connectivity index (χ4v) is 3.52. The van der Waals surface area contributed by atoms with Crippen LogP contribution < -0.4 is 9.47 Å². The van der Waals surface area contributed by atoms with Gasteiger partial charge in [-0.2, -0.15) is 10.2 Å². The average molecular weight is 437 g/mol. The van der Waals surface area contributed by atoms with Crippen LogP contribution in [-0.2, 0) is 12.8 Å². The summed E-state index contributed by atoms with van der Waals surface area (Å²) in [6.07, 6.45) is 7.66. The minimum absolute atomic E-state index is 0.253. The lowest BCUT2D eigenvalue weighted by Crippen LogP contribution is -2.08. The molecule has 32 heavy (non-hydrogen) atoms.